The number of rotatable bonds is 0. The molecule has 1 heterocycles. The van der Waals surface area contributed by atoms with Crippen molar-refractivity contribution in [2.75, 3.05) is 0 Å². The van der Waals surface area contributed by atoms with E-state index in [0.717, 1.165) is 15.4 Å². The zero-order valence-corrected chi connectivity index (χ0v) is 8.71. The fourth-order valence-electron chi connectivity index (χ4n) is 1.32. The number of fused-ring (bicyclic) bond motifs is 1. The zero-order valence-electron chi connectivity index (χ0n) is 7.12. The van der Waals surface area contributed by atoms with Crippen molar-refractivity contribution >= 4 is 26.7 Å². The summed E-state index contributed by atoms with van der Waals surface area (Å²) in [6.07, 6.45) is 0. The summed E-state index contributed by atoms with van der Waals surface area (Å²) in [7, 11) is 1.75. The summed E-state index contributed by atoms with van der Waals surface area (Å²) >= 11 is 3.33. The van der Waals surface area contributed by atoms with E-state index in [4.69, 9.17) is 0 Å². The third-order valence-corrected chi connectivity index (χ3v) is 2.85. The molecule has 2 nitrogen and oxygen atoms in total. The molecule has 0 radical (unpaired) electrons. The van der Waals surface area contributed by atoms with Gasteiger partial charge in [-0.3, -0.25) is 4.79 Å². The maximum atomic E-state index is 11.7. The van der Waals surface area contributed by atoms with Gasteiger partial charge in [0, 0.05) is 12.4 Å². The van der Waals surface area contributed by atoms with Crippen LogP contribution in [0.25, 0.3) is 10.8 Å². The van der Waals surface area contributed by atoms with Crippen molar-refractivity contribution in [1.82, 2.24) is 4.57 Å². The van der Waals surface area contributed by atoms with Crippen molar-refractivity contribution in [2.45, 2.75) is 0 Å². The maximum absolute atomic E-state index is 11.7. The van der Waals surface area contributed by atoms with Crippen LogP contribution < -0.4 is 5.56 Å². The molecular formula is C10H8BrNO. The molecule has 3 heteroatoms. The van der Waals surface area contributed by atoms with Crippen LogP contribution in [0.1, 0.15) is 0 Å². The molecule has 0 N–H and O–H groups in total. The van der Waals surface area contributed by atoms with Crippen molar-refractivity contribution < 1.29 is 0 Å². The molecule has 0 spiro atoms. The second-order valence-electron chi connectivity index (χ2n) is 2.92. The van der Waals surface area contributed by atoms with E-state index in [2.05, 4.69) is 15.9 Å². The Morgan fingerprint density at radius 2 is 2.00 bits per heavy atom. The minimum atomic E-state index is 0.0324. The van der Waals surface area contributed by atoms with Crippen molar-refractivity contribution in [2.24, 2.45) is 7.05 Å². The van der Waals surface area contributed by atoms with Crippen LogP contribution in [0.4, 0.5) is 0 Å². The minimum Gasteiger partial charge on any atom is -0.305 e. The van der Waals surface area contributed by atoms with E-state index in [0.29, 0.717) is 0 Å². The molecule has 0 atom stereocenters. The second-order valence-corrected chi connectivity index (χ2v) is 3.73. The summed E-state index contributed by atoms with van der Waals surface area (Å²) in [6.45, 7) is 0. The van der Waals surface area contributed by atoms with E-state index < -0.39 is 0 Å². The first-order valence-electron chi connectivity index (χ1n) is 3.94. The Morgan fingerprint density at radius 3 is 2.77 bits per heavy atom. The molecule has 1 aromatic carbocycles. The van der Waals surface area contributed by atoms with Gasteiger partial charge >= 0.3 is 0 Å². The summed E-state index contributed by atoms with van der Waals surface area (Å²) in [4.78, 5) is 11.7. The first-order chi connectivity index (χ1) is 6.20. The molecule has 13 heavy (non-hydrogen) atoms. The summed E-state index contributed by atoms with van der Waals surface area (Å²) < 4.78 is 2.39. The van der Waals surface area contributed by atoms with Crippen LogP contribution in [0.2, 0.25) is 0 Å². The van der Waals surface area contributed by atoms with Crippen molar-refractivity contribution in [3.8, 4) is 0 Å². The van der Waals surface area contributed by atoms with Gasteiger partial charge in [0.2, 0.25) is 0 Å². The van der Waals surface area contributed by atoms with Gasteiger partial charge in [-0.05, 0) is 33.4 Å². The van der Waals surface area contributed by atoms with Gasteiger partial charge in [0.1, 0.15) is 0 Å². The molecule has 0 aliphatic rings. The summed E-state index contributed by atoms with van der Waals surface area (Å²) in [5.41, 5.74) is 0.0324. The van der Waals surface area contributed by atoms with Crippen molar-refractivity contribution in [3.05, 3.63) is 45.3 Å². The molecule has 0 fully saturated rings. The Balaban J connectivity index is 3.03. The molecule has 0 saturated heterocycles. The van der Waals surface area contributed by atoms with Gasteiger partial charge < -0.3 is 4.57 Å². The lowest BCUT2D eigenvalue weighted by Gasteiger charge is -2.03. The predicted molar refractivity (Wildman–Crippen MR) is 56.9 cm³/mol. The van der Waals surface area contributed by atoms with E-state index in [1.54, 1.807) is 11.6 Å². The standard InChI is InChI=1S/C10H8BrNO/c1-12-9(11)6-7-4-2-3-5-8(7)10(12)13/h2-6H,1H3. The lowest BCUT2D eigenvalue weighted by molar-refractivity contribution is 0.847. The predicted octanol–water partition coefficient (Wildman–Crippen LogP) is 2.30. The molecule has 0 unspecified atom stereocenters. The molecule has 2 rings (SSSR count). The number of hydrogen-bond acceptors (Lipinski definition) is 1. The molecule has 0 saturated carbocycles. The summed E-state index contributed by atoms with van der Waals surface area (Å²) in [5.74, 6) is 0. The Kier molecular flexibility index (Phi) is 1.96. The molecule has 1 aromatic heterocycles. The number of aromatic nitrogens is 1. The molecule has 0 aliphatic carbocycles. The fourth-order valence-corrected chi connectivity index (χ4v) is 1.73. The molecule has 0 aliphatic heterocycles. The summed E-state index contributed by atoms with van der Waals surface area (Å²) in [6, 6.07) is 9.51. The third kappa shape index (κ3) is 1.29. The van der Waals surface area contributed by atoms with Gasteiger partial charge in [0.25, 0.3) is 5.56 Å². The van der Waals surface area contributed by atoms with E-state index in [1.165, 1.54) is 0 Å². The Labute approximate surface area is 83.9 Å². The average molecular weight is 238 g/mol. The molecular weight excluding hydrogens is 230 g/mol. The van der Waals surface area contributed by atoms with Crippen LogP contribution in [0.3, 0.4) is 0 Å². The van der Waals surface area contributed by atoms with Crippen LogP contribution >= 0.6 is 15.9 Å². The Bertz CT molecular complexity index is 516. The first-order valence-corrected chi connectivity index (χ1v) is 4.74. The van der Waals surface area contributed by atoms with E-state index >= 15 is 0 Å². The van der Waals surface area contributed by atoms with Gasteiger partial charge in [-0.1, -0.05) is 18.2 Å². The van der Waals surface area contributed by atoms with Crippen molar-refractivity contribution in [3.63, 3.8) is 0 Å². The molecule has 0 bridgehead atoms. The highest BCUT2D eigenvalue weighted by Crippen LogP contribution is 2.14. The van der Waals surface area contributed by atoms with Crippen LogP contribution in [0.5, 0.6) is 0 Å². The minimum absolute atomic E-state index is 0.0324. The van der Waals surface area contributed by atoms with Crippen LogP contribution in [-0.4, -0.2) is 4.57 Å². The summed E-state index contributed by atoms with van der Waals surface area (Å²) in [5, 5.41) is 1.73. The lowest BCUT2D eigenvalue weighted by Crippen LogP contribution is -2.16. The van der Waals surface area contributed by atoms with E-state index in [9.17, 15) is 4.79 Å². The van der Waals surface area contributed by atoms with Gasteiger partial charge in [0.15, 0.2) is 0 Å². The monoisotopic (exact) mass is 237 g/mol. The Hall–Kier alpha value is -1.09. The number of nitrogens with zero attached hydrogens (tertiary/aromatic N) is 1. The number of pyridine rings is 1. The Morgan fingerprint density at radius 1 is 1.31 bits per heavy atom. The number of hydrogen-bond donors (Lipinski definition) is 0. The van der Waals surface area contributed by atoms with Crippen LogP contribution in [0, 0.1) is 0 Å². The number of halogens is 1. The zero-order chi connectivity index (χ0) is 9.42. The van der Waals surface area contributed by atoms with Gasteiger partial charge in [0.05, 0.1) is 4.60 Å². The molecule has 66 valence electrons. The average Bonchev–Trinajstić information content (AvgIpc) is 2.15. The van der Waals surface area contributed by atoms with E-state index in [1.807, 2.05) is 30.3 Å². The normalized spacial score (nSPS) is 10.6. The first kappa shape index (κ1) is 8.51. The largest absolute Gasteiger partial charge is 0.305 e. The highest BCUT2D eigenvalue weighted by Gasteiger charge is 2.02. The van der Waals surface area contributed by atoms with Crippen molar-refractivity contribution in [1.29, 1.82) is 0 Å². The number of benzene rings is 1. The van der Waals surface area contributed by atoms with Gasteiger partial charge in [-0.15, -0.1) is 0 Å². The smallest absolute Gasteiger partial charge is 0.259 e. The maximum Gasteiger partial charge on any atom is 0.259 e. The lowest BCUT2D eigenvalue weighted by atomic mass is 10.2. The SMILES string of the molecule is Cn1c(Br)cc2ccccc2c1=O. The fraction of sp³-hybridized carbons (Fsp3) is 0.100. The highest BCUT2D eigenvalue weighted by atomic mass is 79.9. The van der Waals surface area contributed by atoms with Gasteiger partial charge in [-0.25, -0.2) is 0 Å². The van der Waals surface area contributed by atoms with Crippen LogP contribution in [0.15, 0.2) is 39.7 Å². The molecule has 0 amide bonds. The topological polar surface area (TPSA) is 22.0 Å². The highest BCUT2D eigenvalue weighted by molar-refractivity contribution is 9.10. The third-order valence-electron chi connectivity index (χ3n) is 2.09. The molecule has 2 aromatic rings. The second kappa shape index (κ2) is 3.00. The van der Waals surface area contributed by atoms with Crippen LogP contribution in [-0.2, 0) is 7.05 Å². The quantitative estimate of drug-likeness (QED) is 0.645. The van der Waals surface area contributed by atoms with Gasteiger partial charge in [-0.2, -0.15) is 0 Å². The van der Waals surface area contributed by atoms with E-state index in [-0.39, 0.29) is 5.56 Å².